The molecule has 0 saturated carbocycles. The predicted molar refractivity (Wildman–Crippen MR) is 84.5 cm³/mol. The van der Waals surface area contributed by atoms with E-state index in [0.29, 0.717) is 18.9 Å². The van der Waals surface area contributed by atoms with E-state index in [2.05, 4.69) is 0 Å². The first-order valence-corrected chi connectivity index (χ1v) is 7.64. The van der Waals surface area contributed by atoms with Gasteiger partial charge in [-0.15, -0.1) is 0 Å². The molecule has 2 rings (SSSR count). The lowest BCUT2D eigenvalue weighted by Crippen LogP contribution is -2.34. The van der Waals surface area contributed by atoms with E-state index >= 15 is 0 Å². The highest BCUT2D eigenvalue weighted by Gasteiger charge is 2.26. The Labute approximate surface area is 131 Å². The zero-order valence-electron chi connectivity index (χ0n) is 13.5. The van der Waals surface area contributed by atoms with E-state index in [9.17, 15) is 14.7 Å². The van der Waals surface area contributed by atoms with Gasteiger partial charge in [-0.3, -0.25) is 9.59 Å². The van der Waals surface area contributed by atoms with Crippen LogP contribution in [-0.2, 0) is 16.0 Å². The molecule has 120 valence electrons. The Bertz CT molecular complexity index is 571. The number of phenolic OH excluding ortho intramolecular Hbond substituents is 1. The molecule has 1 saturated heterocycles. The molecule has 1 unspecified atom stereocenters. The van der Waals surface area contributed by atoms with Gasteiger partial charge in [-0.05, 0) is 42.5 Å². The van der Waals surface area contributed by atoms with Crippen LogP contribution in [0.3, 0.4) is 0 Å². The molecule has 0 radical (unpaired) electrons. The summed E-state index contributed by atoms with van der Waals surface area (Å²) in [6.07, 6.45) is 1.29. The predicted octanol–water partition coefficient (Wildman–Crippen LogP) is 1.57. The van der Waals surface area contributed by atoms with Crippen molar-refractivity contribution in [1.82, 2.24) is 9.80 Å². The summed E-state index contributed by atoms with van der Waals surface area (Å²) in [5, 5.41) is 9.41. The van der Waals surface area contributed by atoms with Crippen LogP contribution in [0.5, 0.6) is 5.75 Å². The summed E-state index contributed by atoms with van der Waals surface area (Å²) in [6, 6.07) is 5.07. The molecule has 22 heavy (non-hydrogen) atoms. The van der Waals surface area contributed by atoms with Crippen molar-refractivity contribution >= 4 is 11.8 Å². The van der Waals surface area contributed by atoms with E-state index in [1.807, 2.05) is 18.9 Å². The number of rotatable bonds is 4. The van der Waals surface area contributed by atoms with Gasteiger partial charge in [-0.2, -0.15) is 0 Å². The molecule has 0 spiro atoms. The number of benzene rings is 1. The molecule has 0 aromatic heterocycles. The fourth-order valence-corrected chi connectivity index (χ4v) is 2.93. The highest BCUT2D eigenvalue weighted by Crippen LogP contribution is 2.19. The molecule has 1 fully saturated rings. The van der Waals surface area contributed by atoms with Crippen molar-refractivity contribution in [2.45, 2.75) is 26.7 Å². The molecule has 2 amide bonds. The molecule has 1 heterocycles. The van der Waals surface area contributed by atoms with Crippen molar-refractivity contribution in [2.24, 2.45) is 5.92 Å². The van der Waals surface area contributed by atoms with Crippen LogP contribution < -0.4 is 0 Å². The first-order chi connectivity index (χ1) is 10.4. The number of nitrogens with zero attached hydrogens (tertiary/aromatic N) is 2. The van der Waals surface area contributed by atoms with Gasteiger partial charge in [0.1, 0.15) is 5.75 Å². The molecule has 0 aliphatic carbocycles. The smallest absolute Gasteiger partial charge is 0.226 e. The Kier molecular flexibility index (Phi) is 5.06. The number of hydrogen-bond donors (Lipinski definition) is 1. The van der Waals surface area contributed by atoms with Crippen molar-refractivity contribution in [3.05, 3.63) is 29.3 Å². The average Bonchev–Trinajstić information content (AvgIpc) is 2.90. The highest BCUT2D eigenvalue weighted by atomic mass is 16.3. The van der Waals surface area contributed by atoms with E-state index < -0.39 is 0 Å². The Hall–Kier alpha value is -2.04. The Morgan fingerprint density at radius 1 is 1.41 bits per heavy atom. The van der Waals surface area contributed by atoms with Gasteiger partial charge in [0.25, 0.3) is 0 Å². The standard InChI is InChI=1S/C17H24N2O3/c1-12-8-16(21)5-4-15(12)9-17(22)18(3)10-14-6-7-19(11-14)13(2)20/h4-5,8,14,21H,6-7,9-11H2,1-3H3. The Balaban J connectivity index is 1.88. The highest BCUT2D eigenvalue weighted by molar-refractivity contribution is 5.79. The Morgan fingerprint density at radius 2 is 2.14 bits per heavy atom. The summed E-state index contributed by atoms with van der Waals surface area (Å²) in [5.41, 5.74) is 1.86. The summed E-state index contributed by atoms with van der Waals surface area (Å²) in [7, 11) is 1.81. The third-order valence-electron chi connectivity index (χ3n) is 4.36. The molecule has 5 heteroatoms. The number of aromatic hydroxyl groups is 1. The number of hydrogen-bond acceptors (Lipinski definition) is 3. The zero-order valence-corrected chi connectivity index (χ0v) is 13.5. The molecule has 1 aromatic rings. The largest absolute Gasteiger partial charge is 0.508 e. The lowest BCUT2D eigenvalue weighted by atomic mass is 10.0. The number of likely N-dealkylation sites (tertiary alicyclic amines) is 1. The average molecular weight is 304 g/mol. The monoisotopic (exact) mass is 304 g/mol. The minimum Gasteiger partial charge on any atom is -0.508 e. The van der Waals surface area contributed by atoms with Crippen LogP contribution >= 0.6 is 0 Å². The molecule has 1 atom stereocenters. The molecule has 0 bridgehead atoms. The quantitative estimate of drug-likeness (QED) is 0.918. The van der Waals surface area contributed by atoms with Crippen LogP contribution in [0.2, 0.25) is 0 Å². The maximum Gasteiger partial charge on any atom is 0.226 e. The van der Waals surface area contributed by atoms with Crippen LogP contribution in [0.25, 0.3) is 0 Å². The second-order valence-corrected chi connectivity index (χ2v) is 6.18. The minimum atomic E-state index is 0.0649. The van der Waals surface area contributed by atoms with Crippen LogP contribution in [0.4, 0.5) is 0 Å². The topological polar surface area (TPSA) is 60.9 Å². The van der Waals surface area contributed by atoms with E-state index in [1.54, 1.807) is 30.0 Å². The third-order valence-corrected chi connectivity index (χ3v) is 4.36. The molecule has 1 aliphatic rings. The van der Waals surface area contributed by atoms with Gasteiger partial charge in [0.15, 0.2) is 0 Å². The summed E-state index contributed by atoms with van der Waals surface area (Å²) in [6.45, 7) is 5.69. The van der Waals surface area contributed by atoms with Gasteiger partial charge in [0, 0.05) is 33.6 Å². The fourth-order valence-electron chi connectivity index (χ4n) is 2.93. The Morgan fingerprint density at radius 3 is 2.73 bits per heavy atom. The molecule has 5 nitrogen and oxygen atoms in total. The van der Waals surface area contributed by atoms with Gasteiger partial charge in [0.2, 0.25) is 11.8 Å². The van der Waals surface area contributed by atoms with Crippen LogP contribution in [0, 0.1) is 12.8 Å². The summed E-state index contributed by atoms with van der Waals surface area (Å²) < 4.78 is 0. The van der Waals surface area contributed by atoms with Crippen molar-refractivity contribution < 1.29 is 14.7 Å². The van der Waals surface area contributed by atoms with Crippen LogP contribution in [0.15, 0.2) is 18.2 Å². The van der Waals surface area contributed by atoms with Gasteiger partial charge in [-0.1, -0.05) is 6.07 Å². The molecule has 1 aromatic carbocycles. The van der Waals surface area contributed by atoms with Crippen molar-refractivity contribution in [3.8, 4) is 5.75 Å². The van der Waals surface area contributed by atoms with E-state index in [-0.39, 0.29) is 17.6 Å². The van der Waals surface area contributed by atoms with Crippen LogP contribution in [-0.4, -0.2) is 53.4 Å². The normalized spacial score (nSPS) is 17.6. The first-order valence-electron chi connectivity index (χ1n) is 7.64. The second-order valence-electron chi connectivity index (χ2n) is 6.18. The lowest BCUT2D eigenvalue weighted by molar-refractivity contribution is -0.129. The van der Waals surface area contributed by atoms with E-state index in [0.717, 1.165) is 30.6 Å². The fraction of sp³-hybridized carbons (Fsp3) is 0.529. The summed E-state index contributed by atoms with van der Waals surface area (Å²) in [4.78, 5) is 27.3. The van der Waals surface area contributed by atoms with Crippen LogP contribution in [0.1, 0.15) is 24.5 Å². The number of carbonyl (C=O) groups excluding carboxylic acids is 2. The lowest BCUT2D eigenvalue weighted by Gasteiger charge is -2.22. The number of amides is 2. The van der Waals surface area contributed by atoms with Crippen molar-refractivity contribution in [3.63, 3.8) is 0 Å². The number of likely N-dealkylation sites (N-methyl/N-ethyl adjacent to an activating group) is 1. The summed E-state index contributed by atoms with van der Waals surface area (Å²) in [5.74, 6) is 0.752. The van der Waals surface area contributed by atoms with E-state index in [1.165, 1.54) is 0 Å². The maximum atomic E-state index is 12.3. The maximum absolute atomic E-state index is 12.3. The summed E-state index contributed by atoms with van der Waals surface area (Å²) >= 11 is 0. The number of phenols is 1. The van der Waals surface area contributed by atoms with Gasteiger partial charge in [0.05, 0.1) is 6.42 Å². The van der Waals surface area contributed by atoms with Crippen molar-refractivity contribution in [2.75, 3.05) is 26.7 Å². The third kappa shape index (κ3) is 4.00. The van der Waals surface area contributed by atoms with Crippen molar-refractivity contribution in [1.29, 1.82) is 0 Å². The van der Waals surface area contributed by atoms with Gasteiger partial charge < -0.3 is 14.9 Å². The zero-order chi connectivity index (χ0) is 16.3. The number of carbonyl (C=O) groups is 2. The van der Waals surface area contributed by atoms with Gasteiger partial charge >= 0.3 is 0 Å². The SMILES string of the molecule is CC(=O)N1CCC(CN(C)C(=O)Cc2ccc(O)cc2C)C1. The minimum absolute atomic E-state index is 0.0649. The molecule has 1 N–H and O–H groups in total. The second kappa shape index (κ2) is 6.81. The molecular formula is C17H24N2O3. The molecule has 1 aliphatic heterocycles. The first kappa shape index (κ1) is 16.3. The van der Waals surface area contributed by atoms with Gasteiger partial charge in [-0.25, -0.2) is 0 Å². The number of aryl methyl sites for hydroxylation is 1. The molecular weight excluding hydrogens is 280 g/mol. The van der Waals surface area contributed by atoms with E-state index in [4.69, 9.17) is 0 Å².